The molecule has 0 spiro atoms. The van der Waals surface area contributed by atoms with Crippen LogP contribution in [0.3, 0.4) is 0 Å². The van der Waals surface area contributed by atoms with E-state index in [4.69, 9.17) is 5.11 Å². The van der Waals surface area contributed by atoms with Crippen molar-refractivity contribution in [1.29, 1.82) is 0 Å². The van der Waals surface area contributed by atoms with E-state index in [1.165, 1.54) is 24.3 Å². The van der Waals surface area contributed by atoms with Crippen molar-refractivity contribution in [1.82, 2.24) is 4.72 Å². The summed E-state index contributed by atoms with van der Waals surface area (Å²) in [7, 11) is -3.95. The van der Waals surface area contributed by atoms with Crippen molar-refractivity contribution in [3.63, 3.8) is 0 Å². The number of aliphatic carboxylic acids is 1. The van der Waals surface area contributed by atoms with Crippen LogP contribution in [0, 0.1) is 0 Å². The predicted molar refractivity (Wildman–Crippen MR) is 63.6 cm³/mol. The Kier molecular flexibility index (Phi) is 5.37. The second-order valence-electron chi connectivity index (χ2n) is 3.78. The maximum Gasteiger partial charge on any atom is 0.303 e. The van der Waals surface area contributed by atoms with Gasteiger partial charge in [0.25, 0.3) is 6.43 Å². The SMILES string of the molecule is O=C(O)CCc1ccc(S(=O)(=O)NCC(F)F)cc1. The van der Waals surface area contributed by atoms with E-state index in [1.807, 2.05) is 0 Å². The first kappa shape index (κ1) is 15.5. The van der Waals surface area contributed by atoms with E-state index in [-0.39, 0.29) is 17.7 Å². The molecule has 0 bridgehead atoms. The molecular weight excluding hydrogens is 280 g/mol. The van der Waals surface area contributed by atoms with Gasteiger partial charge in [0.1, 0.15) is 0 Å². The Balaban J connectivity index is 2.72. The first-order valence-electron chi connectivity index (χ1n) is 5.40. The molecule has 1 aromatic rings. The molecule has 8 heteroatoms. The highest BCUT2D eigenvalue weighted by Crippen LogP contribution is 2.12. The summed E-state index contributed by atoms with van der Waals surface area (Å²) < 4.78 is 48.8. The fourth-order valence-electron chi connectivity index (χ4n) is 1.34. The molecule has 0 atom stereocenters. The molecule has 0 heterocycles. The quantitative estimate of drug-likeness (QED) is 0.792. The predicted octanol–water partition coefficient (Wildman–Crippen LogP) is 1.25. The molecule has 0 radical (unpaired) electrons. The van der Waals surface area contributed by atoms with Crippen LogP contribution < -0.4 is 4.72 Å². The number of aryl methyl sites for hydroxylation is 1. The Labute approximate surface area is 109 Å². The zero-order valence-corrected chi connectivity index (χ0v) is 10.7. The van der Waals surface area contributed by atoms with Crippen molar-refractivity contribution < 1.29 is 27.1 Å². The lowest BCUT2D eigenvalue weighted by atomic mass is 10.1. The fraction of sp³-hybridized carbons (Fsp3) is 0.364. The first-order chi connectivity index (χ1) is 8.81. The van der Waals surface area contributed by atoms with Gasteiger partial charge in [-0.1, -0.05) is 12.1 Å². The third kappa shape index (κ3) is 5.31. The van der Waals surface area contributed by atoms with Gasteiger partial charge in [0, 0.05) is 6.42 Å². The molecule has 0 amide bonds. The van der Waals surface area contributed by atoms with Crippen LogP contribution in [0.1, 0.15) is 12.0 Å². The number of hydrogen-bond donors (Lipinski definition) is 2. The number of sulfonamides is 1. The number of benzene rings is 1. The summed E-state index contributed by atoms with van der Waals surface area (Å²) in [5.41, 5.74) is 0.662. The second-order valence-corrected chi connectivity index (χ2v) is 5.55. The zero-order chi connectivity index (χ0) is 14.5. The second kappa shape index (κ2) is 6.58. The molecule has 2 N–H and O–H groups in total. The summed E-state index contributed by atoms with van der Waals surface area (Å²) >= 11 is 0. The normalized spacial score (nSPS) is 11.7. The number of carboxylic acid groups (broad SMARTS) is 1. The minimum absolute atomic E-state index is 0.0598. The summed E-state index contributed by atoms with van der Waals surface area (Å²) in [6.07, 6.45) is -2.54. The van der Waals surface area contributed by atoms with Crippen LogP contribution in [0.25, 0.3) is 0 Å². The van der Waals surface area contributed by atoms with Gasteiger partial charge in [-0.2, -0.15) is 0 Å². The largest absolute Gasteiger partial charge is 0.481 e. The highest BCUT2D eigenvalue weighted by atomic mass is 32.2. The van der Waals surface area contributed by atoms with Crippen LogP contribution in [-0.4, -0.2) is 32.5 Å². The van der Waals surface area contributed by atoms with Crippen LogP contribution in [-0.2, 0) is 21.2 Å². The monoisotopic (exact) mass is 293 g/mol. The van der Waals surface area contributed by atoms with Crippen LogP contribution in [0.15, 0.2) is 29.2 Å². The van der Waals surface area contributed by atoms with Gasteiger partial charge in [-0.05, 0) is 24.1 Å². The van der Waals surface area contributed by atoms with Crippen molar-refractivity contribution in [3.8, 4) is 0 Å². The summed E-state index contributed by atoms with van der Waals surface area (Å²) in [5.74, 6) is -0.949. The zero-order valence-electron chi connectivity index (χ0n) is 9.84. The van der Waals surface area contributed by atoms with Gasteiger partial charge in [-0.15, -0.1) is 0 Å². The van der Waals surface area contributed by atoms with E-state index in [1.54, 1.807) is 4.72 Å². The van der Waals surface area contributed by atoms with Gasteiger partial charge in [-0.3, -0.25) is 4.79 Å². The number of alkyl halides is 2. The van der Waals surface area contributed by atoms with Crippen LogP contribution in [0.4, 0.5) is 8.78 Å². The van der Waals surface area contributed by atoms with E-state index < -0.39 is 29.0 Å². The molecular formula is C11H13F2NO4S. The molecule has 0 fully saturated rings. The number of carboxylic acids is 1. The van der Waals surface area contributed by atoms with E-state index >= 15 is 0 Å². The molecule has 106 valence electrons. The Morgan fingerprint density at radius 3 is 2.32 bits per heavy atom. The lowest BCUT2D eigenvalue weighted by Gasteiger charge is -2.07. The molecule has 1 rings (SSSR count). The molecule has 19 heavy (non-hydrogen) atoms. The number of halogens is 2. The highest BCUT2D eigenvalue weighted by Gasteiger charge is 2.15. The summed E-state index contributed by atoms with van der Waals surface area (Å²) in [6, 6.07) is 5.43. The van der Waals surface area contributed by atoms with Gasteiger partial charge in [0.2, 0.25) is 10.0 Å². The molecule has 0 aliphatic carbocycles. The summed E-state index contributed by atoms with van der Waals surface area (Å²) in [6.45, 7) is -0.941. The van der Waals surface area contributed by atoms with E-state index in [2.05, 4.69) is 0 Å². The van der Waals surface area contributed by atoms with Crippen molar-refractivity contribution in [2.75, 3.05) is 6.54 Å². The van der Waals surface area contributed by atoms with E-state index in [0.29, 0.717) is 5.56 Å². The van der Waals surface area contributed by atoms with Crippen LogP contribution in [0.2, 0.25) is 0 Å². The number of rotatable bonds is 7. The first-order valence-corrected chi connectivity index (χ1v) is 6.88. The van der Waals surface area contributed by atoms with Gasteiger partial charge >= 0.3 is 5.97 Å². The van der Waals surface area contributed by atoms with Gasteiger partial charge in [0.05, 0.1) is 11.4 Å². The topological polar surface area (TPSA) is 83.5 Å². The van der Waals surface area contributed by atoms with Gasteiger partial charge < -0.3 is 5.11 Å². The maximum absolute atomic E-state index is 11.9. The Morgan fingerprint density at radius 1 is 1.26 bits per heavy atom. The molecule has 0 saturated heterocycles. The highest BCUT2D eigenvalue weighted by molar-refractivity contribution is 7.89. The van der Waals surface area contributed by atoms with E-state index in [9.17, 15) is 22.0 Å². The minimum atomic E-state index is -3.95. The summed E-state index contributed by atoms with van der Waals surface area (Å²) in [5, 5.41) is 8.50. The average Bonchev–Trinajstić information content (AvgIpc) is 2.34. The molecule has 5 nitrogen and oxygen atoms in total. The van der Waals surface area contributed by atoms with Gasteiger partial charge in [-0.25, -0.2) is 21.9 Å². The van der Waals surface area contributed by atoms with Crippen molar-refractivity contribution >= 4 is 16.0 Å². The maximum atomic E-state index is 11.9. The minimum Gasteiger partial charge on any atom is -0.481 e. The molecule has 0 aromatic heterocycles. The van der Waals surface area contributed by atoms with Crippen molar-refractivity contribution in [2.45, 2.75) is 24.2 Å². The molecule has 0 aliphatic heterocycles. The Hall–Kier alpha value is -1.54. The summed E-state index contributed by atoms with van der Waals surface area (Å²) in [4.78, 5) is 10.2. The molecule has 0 saturated carbocycles. The van der Waals surface area contributed by atoms with Crippen LogP contribution >= 0.6 is 0 Å². The number of hydrogen-bond acceptors (Lipinski definition) is 3. The third-order valence-electron chi connectivity index (χ3n) is 2.29. The third-order valence-corrected chi connectivity index (χ3v) is 3.73. The Morgan fingerprint density at radius 2 is 1.84 bits per heavy atom. The lowest BCUT2D eigenvalue weighted by molar-refractivity contribution is -0.136. The van der Waals surface area contributed by atoms with Crippen molar-refractivity contribution in [3.05, 3.63) is 29.8 Å². The average molecular weight is 293 g/mol. The molecule has 1 aromatic carbocycles. The van der Waals surface area contributed by atoms with Crippen LogP contribution in [0.5, 0.6) is 0 Å². The fourth-order valence-corrected chi connectivity index (χ4v) is 2.35. The lowest BCUT2D eigenvalue weighted by Crippen LogP contribution is -2.28. The smallest absolute Gasteiger partial charge is 0.303 e. The number of carbonyl (C=O) groups is 1. The number of nitrogens with one attached hydrogen (secondary N) is 1. The molecule has 0 unspecified atom stereocenters. The Bertz CT molecular complexity index is 528. The van der Waals surface area contributed by atoms with Crippen molar-refractivity contribution in [2.24, 2.45) is 0 Å². The standard InChI is InChI=1S/C11H13F2NO4S/c12-10(13)7-14-19(17,18)9-4-1-8(2-5-9)3-6-11(15)16/h1-2,4-5,10,14H,3,6-7H2,(H,15,16). The molecule has 0 aliphatic rings. The van der Waals surface area contributed by atoms with Gasteiger partial charge in [0.15, 0.2) is 0 Å². The van der Waals surface area contributed by atoms with E-state index in [0.717, 1.165) is 0 Å².